The molecule has 5 N–H and O–H groups in total. The van der Waals surface area contributed by atoms with E-state index in [1.165, 1.54) is 0 Å². The van der Waals surface area contributed by atoms with E-state index < -0.39 is 57.8 Å². The highest BCUT2D eigenvalue weighted by molar-refractivity contribution is 7.60. The van der Waals surface area contributed by atoms with Crippen molar-refractivity contribution in [2.75, 3.05) is 19.8 Å². The molecule has 38 heavy (non-hydrogen) atoms. The topological polar surface area (TPSA) is 163 Å². The first-order valence-corrected chi connectivity index (χ1v) is 15.1. The molecule has 0 aliphatic carbocycles. The maximum Gasteiger partial charge on any atom is 0.481 e. The number of rotatable bonds is 11. The van der Waals surface area contributed by atoms with Crippen LogP contribution in [0.5, 0.6) is 5.75 Å². The molecular formula is C26H40O10P2. The molecule has 10 nitrogen and oxygen atoms in total. The summed E-state index contributed by atoms with van der Waals surface area (Å²) in [5.41, 5.74) is 0.796. The molecule has 0 aliphatic rings. The minimum Gasteiger partial charge on any atom is -0.485 e. The van der Waals surface area contributed by atoms with Crippen molar-refractivity contribution < 1.29 is 47.6 Å². The normalized spacial score (nSPS) is 15.7. The fourth-order valence-corrected chi connectivity index (χ4v) is 5.88. The van der Waals surface area contributed by atoms with Gasteiger partial charge in [0.05, 0.1) is 25.2 Å². The molecule has 0 bridgehead atoms. The second-order valence-electron chi connectivity index (χ2n) is 11.6. The first kappa shape index (κ1) is 32.6. The number of phosphoric acid groups is 2. The number of aliphatic hydroxyl groups is 2. The van der Waals surface area contributed by atoms with Crippen molar-refractivity contribution >= 4 is 15.6 Å². The van der Waals surface area contributed by atoms with E-state index in [0.717, 1.165) is 16.7 Å². The van der Waals surface area contributed by atoms with Gasteiger partial charge in [0, 0.05) is 5.56 Å². The average Bonchev–Trinajstić information content (AvgIpc) is 2.76. The first-order chi connectivity index (χ1) is 17.2. The van der Waals surface area contributed by atoms with E-state index in [9.17, 15) is 24.2 Å². The van der Waals surface area contributed by atoms with E-state index >= 15 is 0 Å². The number of hydrogen-bond donors (Lipinski definition) is 5. The number of ether oxygens (including phenoxy) is 1. The van der Waals surface area contributed by atoms with E-state index in [1.807, 2.05) is 60.6 Å². The minimum atomic E-state index is -5.38. The molecule has 0 saturated carbocycles. The van der Waals surface area contributed by atoms with Gasteiger partial charge in [-0.15, -0.1) is 0 Å². The molecule has 2 aromatic rings. The van der Waals surface area contributed by atoms with Gasteiger partial charge in [-0.25, -0.2) is 9.13 Å². The molecule has 0 fully saturated rings. The summed E-state index contributed by atoms with van der Waals surface area (Å²) >= 11 is 0. The maximum absolute atomic E-state index is 12.3. The molecular weight excluding hydrogens is 534 g/mol. The van der Waals surface area contributed by atoms with Crippen molar-refractivity contribution in [2.45, 2.75) is 65.4 Å². The van der Waals surface area contributed by atoms with Crippen LogP contribution >= 0.6 is 15.6 Å². The monoisotopic (exact) mass is 574 g/mol. The van der Waals surface area contributed by atoms with Gasteiger partial charge >= 0.3 is 15.6 Å². The fourth-order valence-electron chi connectivity index (χ4n) is 4.20. The predicted octanol–water partition coefficient (Wildman–Crippen LogP) is 4.91. The van der Waals surface area contributed by atoms with Gasteiger partial charge in [0.1, 0.15) is 11.9 Å². The Balaban J connectivity index is 2.86. The van der Waals surface area contributed by atoms with E-state index in [-0.39, 0.29) is 0 Å². The highest BCUT2D eigenvalue weighted by Crippen LogP contribution is 2.59. The van der Waals surface area contributed by atoms with Crippen LogP contribution in [0.15, 0.2) is 42.5 Å². The van der Waals surface area contributed by atoms with E-state index in [1.54, 1.807) is 30.3 Å². The van der Waals surface area contributed by atoms with Crippen LogP contribution < -0.4 is 4.74 Å². The van der Waals surface area contributed by atoms with Crippen molar-refractivity contribution in [1.29, 1.82) is 0 Å². The fraction of sp³-hybridized carbons (Fsp3) is 0.538. The van der Waals surface area contributed by atoms with Crippen LogP contribution in [-0.2, 0) is 28.8 Å². The largest absolute Gasteiger partial charge is 0.485 e. The molecule has 0 aliphatic heterocycles. The highest BCUT2D eigenvalue weighted by Gasteiger charge is 2.47. The number of phosphoric ester groups is 1. The van der Waals surface area contributed by atoms with Crippen molar-refractivity contribution in [3.05, 3.63) is 64.7 Å². The van der Waals surface area contributed by atoms with Crippen molar-refractivity contribution in [2.24, 2.45) is 5.41 Å². The van der Waals surface area contributed by atoms with Crippen molar-refractivity contribution in [1.82, 2.24) is 0 Å². The van der Waals surface area contributed by atoms with Crippen LogP contribution in [0, 0.1) is 12.3 Å². The van der Waals surface area contributed by atoms with Gasteiger partial charge in [-0.05, 0) is 41.0 Å². The Morgan fingerprint density at radius 1 is 0.842 bits per heavy atom. The quantitative estimate of drug-likeness (QED) is 0.233. The van der Waals surface area contributed by atoms with Crippen LogP contribution in [0.25, 0.3) is 0 Å². The van der Waals surface area contributed by atoms with E-state index in [0.29, 0.717) is 11.3 Å². The molecule has 2 rings (SSSR count). The number of hydrogen-bond acceptors (Lipinski definition) is 7. The molecule has 0 aromatic heterocycles. The summed E-state index contributed by atoms with van der Waals surface area (Å²) in [6.07, 6.45) is -1.13. The number of benzene rings is 2. The molecule has 214 valence electrons. The molecule has 0 radical (unpaired) electrons. The smallest absolute Gasteiger partial charge is 0.481 e. The third kappa shape index (κ3) is 8.46. The van der Waals surface area contributed by atoms with Crippen LogP contribution in [0.4, 0.5) is 0 Å². The Kier molecular flexibility index (Phi) is 10.2. The van der Waals surface area contributed by atoms with Crippen molar-refractivity contribution in [3.8, 4) is 5.75 Å². The van der Waals surface area contributed by atoms with Crippen molar-refractivity contribution in [3.63, 3.8) is 0 Å². The molecule has 2 atom stereocenters. The zero-order valence-electron chi connectivity index (χ0n) is 22.9. The predicted molar refractivity (Wildman–Crippen MR) is 144 cm³/mol. The Hall–Kier alpha value is -1.58. The first-order valence-electron chi connectivity index (χ1n) is 12.1. The third-order valence-corrected chi connectivity index (χ3v) is 8.24. The van der Waals surface area contributed by atoms with Crippen LogP contribution in [0.2, 0.25) is 0 Å². The Bertz CT molecular complexity index is 1140. The summed E-state index contributed by atoms with van der Waals surface area (Å²) < 4.78 is 38.9. The maximum atomic E-state index is 12.3. The lowest BCUT2D eigenvalue weighted by molar-refractivity contribution is -0.0733. The number of aryl methyl sites for hydroxylation is 1. The SMILES string of the molecule is Cc1cc(C(C)(C)C)c(C(Oc2ccccc2)C(CO)(CO)COP(=O)(O)OP(=O)(O)O)c(C(C)(C)C)c1. The molecule has 2 unspecified atom stereocenters. The lowest BCUT2D eigenvalue weighted by Crippen LogP contribution is -2.45. The zero-order valence-corrected chi connectivity index (χ0v) is 24.7. The van der Waals surface area contributed by atoms with Crippen LogP contribution in [-0.4, -0.2) is 44.7 Å². The Labute approximate surface area is 224 Å². The van der Waals surface area contributed by atoms with Gasteiger partial charge in [-0.2, -0.15) is 4.31 Å². The Morgan fingerprint density at radius 3 is 1.71 bits per heavy atom. The minimum absolute atomic E-state index is 0.405. The average molecular weight is 575 g/mol. The molecule has 12 heteroatoms. The van der Waals surface area contributed by atoms with Gasteiger partial charge in [-0.1, -0.05) is 77.4 Å². The summed E-state index contributed by atoms with van der Waals surface area (Å²) in [6.45, 7) is 11.7. The Morgan fingerprint density at radius 2 is 1.32 bits per heavy atom. The zero-order chi connectivity index (χ0) is 29.2. The summed E-state index contributed by atoms with van der Waals surface area (Å²) in [6, 6.07) is 12.7. The van der Waals surface area contributed by atoms with E-state index in [4.69, 9.17) is 19.0 Å². The molecule has 0 spiro atoms. The lowest BCUT2D eigenvalue weighted by Gasteiger charge is -2.42. The molecule has 0 amide bonds. The standard InChI is InChI=1S/C26H40O10P2/c1-18-13-20(24(2,3)4)22(21(14-18)25(5,6)7)23(35-19-11-9-8-10-12-19)26(15-27,16-28)17-34-38(32,33)36-37(29,30)31/h8-14,23,27-28H,15-17H2,1-7H3,(H,32,33)(H2,29,30,31). The van der Waals surface area contributed by atoms with Crippen LogP contribution in [0.1, 0.15) is 69.9 Å². The number of aliphatic hydroxyl groups excluding tert-OH is 2. The van der Waals surface area contributed by atoms with Crippen LogP contribution in [0.3, 0.4) is 0 Å². The lowest BCUT2D eigenvalue weighted by atomic mass is 9.69. The summed E-state index contributed by atoms with van der Waals surface area (Å²) in [4.78, 5) is 28.0. The van der Waals surface area contributed by atoms with Gasteiger partial charge in [0.15, 0.2) is 0 Å². The second kappa shape index (κ2) is 11.9. The summed E-state index contributed by atoms with van der Waals surface area (Å²) in [7, 11) is -10.7. The second-order valence-corrected chi connectivity index (χ2v) is 14.4. The third-order valence-electron chi connectivity index (χ3n) is 6.11. The van der Waals surface area contributed by atoms with Gasteiger partial charge < -0.3 is 29.6 Å². The van der Waals surface area contributed by atoms with Gasteiger partial charge in [-0.3, -0.25) is 4.52 Å². The number of para-hydroxylation sites is 1. The highest BCUT2D eigenvalue weighted by atomic mass is 31.3. The van der Waals surface area contributed by atoms with E-state index in [2.05, 4.69) is 4.31 Å². The molecule has 2 aromatic carbocycles. The summed E-state index contributed by atoms with van der Waals surface area (Å²) in [5.74, 6) is 0.405. The molecule has 0 saturated heterocycles. The van der Waals surface area contributed by atoms with Gasteiger partial charge in [0.25, 0.3) is 0 Å². The summed E-state index contributed by atoms with van der Waals surface area (Å²) in [5, 5.41) is 21.3. The van der Waals surface area contributed by atoms with Gasteiger partial charge in [0.2, 0.25) is 0 Å². The molecule has 0 heterocycles.